The van der Waals surface area contributed by atoms with Crippen LogP contribution in [0.15, 0.2) is 66.7 Å². The van der Waals surface area contributed by atoms with Gasteiger partial charge in [-0.3, -0.25) is 0 Å². The molecule has 0 amide bonds. The number of rotatable bonds is 10. The van der Waals surface area contributed by atoms with Gasteiger partial charge in [0, 0.05) is 6.42 Å². The second-order valence-electron chi connectivity index (χ2n) is 10.4. The fourth-order valence-electron chi connectivity index (χ4n) is 4.17. The molecule has 0 N–H and O–H groups in total. The molecule has 0 aliphatic heterocycles. The van der Waals surface area contributed by atoms with Crippen LogP contribution in [0, 0.1) is 0 Å². The fourth-order valence-corrected chi connectivity index (χ4v) is 4.17. The first-order chi connectivity index (χ1) is 19.3. The van der Waals surface area contributed by atoms with E-state index >= 15 is 0 Å². The van der Waals surface area contributed by atoms with Crippen LogP contribution in [0.2, 0.25) is 0 Å². The van der Waals surface area contributed by atoms with Crippen LogP contribution in [0.25, 0.3) is 0 Å². The third-order valence-electron chi connectivity index (χ3n) is 6.24. The molecule has 14 heteroatoms. The van der Waals surface area contributed by atoms with Crippen LogP contribution in [-0.4, -0.2) is 32.9 Å². The van der Waals surface area contributed by atoms with Gasteiger partial charge in [-0.15, -0.1) is 0 Å². The molecule has 42 heavy (non-hydrogen) atoms. The summed E-state index contributed by atoms with van der Waals surface area (Å²) in [5.41, 5.74) is -2.70. The Kier molecular flexibility index (Phi) is 9.70. The Balaban J connectivity index is 2.05. The zero-order valence-electron chi connectivity index (χ0n) is 23.0. The lowest BCUT2D eigenvalue weighted by molar-refractivity contribution is -0.902. The molecule has 3 rings (SSSR count). The smallest absolute Gasteiger partial charge is 0.490 e. The van der Waals surface area contributed by atoms with Crippen molar-refractivity contribution in [1.82, 2.24) is 0 Å². The van der Waals surface area contributed by atoms with Gasteiger partial charge < -0.3 is 18.4 Å². The van der Waals surface area contributed by atoms with E-state index < -0.39 is 48.6 Å². The molecule has 3 aromatic carbocycles. The summed E-state index contributed by atoms with van der Waals surface area (Å²) in [5, 5.41) is 0. The summed E-state index contributed by atoms with van der Waals surface area (Å²) in [6.45, 7) is 1.86. The molecule has 0 fully saturated rings. The van der Waals surface area contributed by atoms with Crippen molar-refractivity contribution in [1.29, 1.82) is 0 Å². The van der Waals surface area contributed by atoms with Gasteiger partial charge in [-0.05, 0) is 66.7 Å². The Bertz CT molecular complexity index is 1260. The van der Waals surface area contributed by atoms with Crippen molar-refractivity contribution in [3.8, 4) is 17.2 Å². The summed E-state index contributed by atoms with van der Waals surface area (Å²) >= 11 is 0. The minimum atomic E-state index is -4.66. The average molecular weight is 608 g/mol. The van der Waals surface area contributed by atoms with Gasteiger partial charge >= 0.3 is 25.9 Å². The molecular formula is C28H28BF9NO3+. The van der Waals surface area contributed by atoms with Crippen LogP contribution in [0.5, 0.6) is 17.2 Å². The Hall–Kier alpha value is -3.55. The highest BCUT2D eigenvalue weighted by atomic mass is 19.4. The van der Waals surface area contributed by atoms with E-state index in [9.17, 15) is 39.5 Å². The summed E-state index contributed by atoms with van der Waals surface area (Å²) < 4.78 is 136. The van der Waals surface area contributed by atoms with Crippen molar-refractivity contribution in [3.05, 3.63) is 89.0 Å². The van der Waals surface area contributed by atoms with Gasteiger partial charge in [0.25, 0.3) is 0 Å². The molecule has 0 radical (unpaired) electrons. The van der Waals surface area contributed by atoms with Gasteiger partial charge in [0.05, 0.1) is 43.4 Å². The Morgan fingerprint density at radius 3 is 1.38 bits per heavy atom. The van der Waals surface area contributed by atoms with Crippen LogP contribution >= 0.6 is 0 Å². The summed E-state index contributed by atoms with van der Waals surface area (Å²) in [6, 6.07) is 9.21. The van der Waals surface area contributed by atoms with Gasteiger partial charge in [-0.25, -0.2) is 0 Å². The molecule has 0 heterocycles. The van der Waals surface area contributed by atoms with E-state index in [2.05, 4.69) is 0 Å². The highest BCUT2D eigenvalue weighted by Crippen LogP contribution is 2.40. The number of hydrogen-bond acceptors (Lipinski definition) is 3. The van der Waals surface area contributed by atoms with Crippen LogP contribution in [0.1, 0.15) is 48.1 Å². The molecule has 0 aromatic heterocycles. The molecule has 0 saturated heterocycles. The van der Waals surface area contributed by atoms with Gasteiger partial charge in [-0.2, -0.15) is 39.5 Å². The minimum absolute atomic E-state index is 0.0710. The third-order valence-corrected chi connectivity index (χ3v) is 6.24. The lowest BCUT2D eigenvalue weighted by Crippen LogP contribution is -2.41. The maximum atomic E-state index is 13.7. The van der Waals surface area contributed by atoms with Crippen molar-refractivity contribution < 1.29 is 58.0 Å². The lowest BCUT2D eigenvalue weighted by Gasteiger charge is -2.35. The molecular weight excluding hydrogens is 580 g/mol. The van der Waals surface area contributed by atoms with Crippen molar-refractivity contribution in [2.75, 3.05) is 21.1 Å². The SMILES string of the molecule is CCCC(c1cc(C(F)(F)F)ccc1OB(Oc1ccc(C(F)(F)F)cc1)Oc1ccc(C(F)(F)F)cc1)[N+](C)(C)C. The van der Waals surface area contributed by atoms with Gasteiger partial charge in [0.1, 0.15) is 23.3 Å². The maximum absolute atomic E-state index is 13.7. The number of benzene rings is 3. The molecule has 0 bridgehead atoms. The van der Waals surface area contributed by atoms with Crippen molar-refractivity contribution >= 4 is 7.32 Å². The van der Waals surface area contributed by atoms with E-state index in [0.717, 1.165) is 66.7 Å². The quantitative estimate of drug-likeness (QED) is 0.131. The number of nitrogens with zero attached hydrogens (tertiary/aromatic N) is 1. The third kappa shape index (κ3) is 8.73. The predicted molar refractivity (Wildman–Crippen MR) is 138 cm³/mol. The van der Waals surface area contributed by atoms with Crippen molar-refractivity contribution in [2.45, 2.75) is 44.3 Å². The number of quaternary nitrogens is 1. The predicted octanol–water partition coefficient (Wildman–Crippen LogP) is 8.81. The minimum Gasteiger partial charge on any atom is -0.490 e. The lowest BCUT2D eigenvalue weighted by atomic mass is 9.96. The molecule has 1 atom stereocenters. The topological polar surface area (TPSA) is 27.7 Å². The van der Waals surface area contributed by atoms with Crippen molar-refractivity contribution in [2.24, 2.45) is 0 Å². The average Bonchev–Trinajstić information content (AvgIpc) is 2.86. The van der Waals surface area contributed by atoms with Crippen molar-refractivity contribution in [3.63, 3.8) is 0 Å². The number of halogens is 9. The second kappa shape index (κ2) is 12.4. The zero-order chi connectivity index (χ0) is 31.5. The Labute approximate surface area is 237 Å². The Morgan fingerprint density at radius 1 is 0.619 bits per heavy atom. The van der Waals surface area contributed by atoms with E-state index in [4.69, 9.17) is 14.0 Å². The van der Waals surface area contributed by atoms with Crippen LogP contribution in [0.4, 0.5) is 39.5 Å². The first-order valence-electron chi connectivity index (χ1n) is 12.7. The van der Waals surface area contributed by atoms with E-state index in [0.29, 0.717) is 12.8 Å². The zero-order valence-corrected chi connectivity index (χ0v) is 23.0. The highest BCUT2D eigenvalue weighted by molar-refractivity contribution is 6.39. The molecule has 0 aliphatic rings. The molecule has 4 nitrogen and oxygen atoms in total. The normalized spacial score (nSPS) is 13.5. The molecule has 228 valence electrons. The standard InChI is InChI=1S/C28H28BF9NO3/c1-5-6-24(39(2,3)4)23-17-20(28(36,37)38)11-16-25(23)42-29(40-21-12-7-18(8-13-21)26(30,31)32)41-22-14-9-19(10-15-22)27(33,34)35/h7-17,24H,5-6H2,1-4H3/q+1. The molecule has 1 unspecified atom stereocenters. The number of alkyl halides is 9. The van der Waals surface area contributed by atoms with Crippen LogP contribution in [-0.2, 0) is 18.5 Å². The van der Waals surface area contributed by atoms with Gasteiger partial charge in [0.15, 0.2) is 0 Å². The highest BCUT2D eigenvalue weighted by Gasteiger charge is 2.38. The van der Waals surface area contributed by atoms with E-state index in [1.165, 1.54) is 0 Å². The van der Waals surface area contributed by atoms with Gasteiger partial charge in [-0.1, -0.05) is 13.3 Å². The first kappa shape index (κ1) is 33.0. The summed E-state index contributed by atoms with van der Waals surface area (Å²) in [7, 11) is 3.56. The van der Waals surface area contributed by atoms with E-state index in [1.807, 2.05) is 6.92 Å². The summed E-state index contributed by atoms with van der Waals surface area (Å²) in [5.74, 6) is -0.395. The van der Waals surface area contributed by atoms with E-state index in [1.54, 1.807) is 21.1 Å². The van der Waals surface area contributed by atoms with Crippen LogP contribution < -0.4 is 14.0 Å². The molecule has 0 saturated carbocycles. The largest absolute Gasteiger partial charge is 0.864 e. The summed E-state index contributed by atoms with van der Waals surface area (Å²) in [4.78, 5) is 0. The molecule has 0 aliphatic carbocycles. The van der Waals surface area contributed by atoms with Gasteiger partial charge in [0.2, 0.25) is 0 Å². The Morgan fingerprint density at radius 2 is 1.02 bits per heavy atom. The monoisotopic (exact) mass is 608 g/mol. The maximum Gasteiger partial charge on any atom is 0.864 e. The molecule has 0 spiro atoms. The fraction of sp³-hybridized carbons (Fsp3) is 0.357. The first-order valence-corrected chi connectivity index (χ1v) is 12.7. The van der Waals surface area contributed by atoms with E-state index in [-0.39, 0.29) is 27.3 Å². The number of hydrogen-bond donors (Lipinski definition) is 0. The second-order valence-corrected chi connectivity index (χ2v) is 10.4. The summed E-state index contributed by atoms with van der Waals surface area (Å²) in [6.07, 6.45) is -12.8. The van der Waals surface area contributed by atoms with Crippen LogP contribution in [0.3, 0.4) is 0 Å². The molecule has 3 aromatic rings.